The second kappa shape index (κ2) is 7.49. The van der Waals surface area contributed by atoms with Gasteiger partial charge in [-0.1, -0.05) is 42.5 Å². The number of fused-ring (bicyclic) bond motifs is 1. The van der Waals surface area contributed by atoms with Crippen molar-refractivity contribution in [3.05, 3.63) is 65.2 Å². The van der Waals surface area contributed by atoms with Crippen molar-refractivity contribution in [3.8, 4) is 0 Å². The van der Waals surface area contributed by atoms with Gasteiger partial charge >= 0.3 is 6.03 Å². The Morgan fingerprint density at radius 3 is 2.79 bits per heavy atom. The summed E-state index contributed by atoms with van der Waals surface area (Å²) in [6.07, 6.45) is 1.54. The van der Waals surface area contributed by atoms with Gasteiger partial charge in [-0.25, -0.2) is 4.79 Å². The summed E-state index contributed by atoms with van der Waals surface area (Å²) in [6, 6.07) is 16.2. The molecule has 3 rings (SSSR count). The number of urea groups is 1. The Bertz CT molecular complexity index is 700. The molecule has 0 fully saturated rings. The minimum absolute atomic E-state index is 0.0572. The first kappa shape index (κ1) is 16.5. The molecule has 1 aliphatic rings. The molecule has 0 spiro atoms. The van der Waals surface area contributed by atoms with Crippen molar-refractivity contribution in [2.45, 2.75) is 25.7 Å². The average molecular weight is 324 g/mol. The van der Waals surface area contributed by atoms with Gasteiger partial charge < -0.3 is 10.4 Å². The maximum atomic E-state index is 12.6. The molecule has 1 aliphatic heterocycles. The minimum atomic E-state index is -0.0572. The number of aryl methyl sites for hydroxylation is 1. The van der Waals surface area contributed by atoms with Crippen LogP contribution < -0.4 is 10.2 Å². The predicted molar refractivity (Wildman–Crippen MR) is 96.5 cm³/mol. The lowest BCUT2D eigenvalue weighted by atomic mass is 9.96. The van der Waals surface area contributed by atoms with Crippen LogP contribution in [0.2, 0.25) is 0 Å². The monoisotopic (exact) mass is 324 g/mol. The molecule has 0 aromatic heterocycles. The quantitative estimate of drug-likeness (QED) is 0.887. The fourth-order valence-corrected chi connectivity index (χ4v) is 3.27. The van der Waals surface area contributed by atoms with Gasteiger partial charge in [-0.3, -0.25) is 4.90 Å². The highest BCUT2D eigenvalue weighted by molar-refractivity contribution is 5.94. The Hall–Kier alpha value is -2.33. The topological polar surface area (TPSA) is 52.6 Å². The SMILES string of the molecule is Cc1ccc2c(c1)N(C(=O)NCC(CCO)c1ccccc1)CC2. The molecule has 126 valence electrons. The fraction of sp³-hybridized carbons (Fsp3) is 0.350. The van der Waals surface area contributed by atoms with E-state index in [0.29, 0.717) is 13.0 Å². The van der Waals surface area contributed by atoms with Gasteiger partial charge in [0.1, 0.15) is 0 Å². The largest absolute Gasteiger partial charge is 0.396 e. The van der Waals surface area contributed by atoms with Gasteiger partial charge in [-0.2, -0.15) is 0 Å². The van der Waals surface area contributed by atoms with E-state index in [1.807, 2.05) is 42.2 Å². The fourth-order valence-electron chi connectivity index (χ4n) is 3.27. The molecular weight excluding hydrogens is 300 g/mol. The molecule has 2 aromatic rings. The number of benzene rings is 2. The van der Waals surface area contributed by atoms with Gasteiger partial charge in [0, 0.05) is 31.3 Å². The third-order valence-electron chi connectivity index (χ3n) is 4.63. The number of hydrogen-bond acceptors (Lipinski definition) is 2. The van der Waals surface area contributed by atoms with Gasteiger partial charge in [0.15, 0.2) is 0 Å². The molecule has 2 aromatic carbocycles. The summed E-state index contributed by atoms with van der Waals surface area (Å²) in [5.41, 5.74) is 4.55. The molecule has 4 heteroatoms. The molecule has 0 bridgehead atoms. The number of carbonyl (C=O) groups excluding carboxylic acids is 1. The lowest BCUT2D eigenvalue weighted by Crippen LogP contribution is -2.40. The molecule has 0 aliphatic carbocycles. The highest BCUT2D eigenvalue weighted by atomic mass is 16.3. The van der Waals surface area contributed by atoms with E-state index in [2.05, 4.69) is 23.5 Å². The van der Waals surface area contributed by atoms with Crippen molar-refractivity contribution < 1.29 is 9.90 Å². The van der Waals surface area contributed by atoms with Crippen LogP contribution in [0.4, 0.5) is 10.5 Å². The number of aliphatic hydroxyl groups is 1. The maximum Gasteiger partial charge on any atom is 0.321 e. The summed E-state index contributed by atoms with van der Waals surface area (Å²) in [7, 11) is 0. The predicted octanol–water partition coefficient (Wildman–Crippen LogP) is 3.23. The van der Waals surface area contributed by atoms with Crippen LogP contribution in [0.25, 0.3) is 0 Å². The van der Waals surface area contributed by atoms with E-state index in [4.69, 9.17) is 0 Å². The smallest absolute Gasteiger partial charge is 0.321 e. The van der Waals surface area contributed by atoms with E-state index < -0.39 is 0 Å². The highest BCUT2D eigenvalue weighted by Gasteiger charge is 2.25. The molecule has 1 heterocycles. The molecular formula is C20H24N2O2. The van der Waals surface area contributed by atoms with Crippen LogP contribution in [0.3, 0.4) is 0 Å². The van der Waals surface area contributed by atoms with E-state index in [0.717, 1.165) is 29.8 Å². The number of anilines is 1. The number of hydrogen-bond donors (Lipinski definition) is 2. The first-order chi connectivity index (χ1) is 11.7. The highest BCUT2D eigenvalue weighted by Crippen LogP contribution is 2.29. The summed E-state index contributed by atoms with van der Waals surface area (Å²) >= 11 is 0. The van der Waals surface area contributed by atoms with Gasteiger partial charge in [0.25, 0.3) is 0 Å². The second-order valence-corrected chi connectivity index (χ2v) is 6.34. The van der Waals surface area contributed by atoms with Crippen molar-refractivity contribution in [2.24, 2.45) is 0 Å². The van der Waals surface area contributed by atoms with Crippen LogP contribution in [0.5, 0.6) is 0 Å². The van der Waals surface area contributed by atoms with Crippen LogP contribution in [0.15, 0.2) is 48.5 Å². The molecule has 2 amide bonds. The van der Waals surface area contributed by atoms with Gasteiger partial charge in [0.2, 0.25) is 0 Å². The molecule has 24 heavy (non-hydrogen) atoms. The standard InChI is InChI=1S/C20H24N2O2/c1-15-7-8-17-9-11-22(19(17)13-15)20(24)21-14-18(10-12-23)16-5-3-2-4-6-16/h2-8,13,18,23H,9-12,14H2,1H3,(H,21,24). The summed E-state index contributed by atoms with van der Waals surface area (Å²) in [5, 5.41) is 12.4. The number of nitrogens with zero attached hydrogens (tertiary/aromatic N) is 1. The molecule has 2 N–H and O–H groups in total. The normalized spacial score (nSPS) is 14.3. The number of nitrogens with one attached hydrogen (secondary N) is 1. The molecule has 1 atom stereocenters. The van der Waals surface area contributed by atoms with Crippen molar-refractivity contribution in [1.29, 1.82) is 0 Å². The third-order valence-corrected chi connectivity index (χ3v) is 4.63. The Labute approximate surface area is 143 Å². The van der Waals surface area contributed by atoms with E-state index in [1.54, 1.807) is 0 Å². The van der Waals surface area contributed by atoms with Gasteiger partial charge in [-0.05, 0) is 42.5 Å². The van der Waals surface area contributed by atoms with E-state index in [-0.39, 0.29) is 18.6 Å². The number of rotatable bonds is 5. The number of aliphatic hydroxyl groups excluding tert-OH is 1. The summed E-state index contributed by atoms with van der Waals surface area (Å²) in [5.74, 6) is 0.125. The zero-order chi connectivity index (χ0) is 16.9. The summed E-state index contributed by atoms with van der Waals surface area (Å²) in [4.78, 5) is 14.4. The van der Waals surface area contributed by atoms with Gasteiger partial charge in [0.05, 0.1) is 0 Å². The van der Waals surface area contributed by atoms with E-state index in [1.165, 1.54) is 5.56 Å². The Balaban J connectivity index is 1.66. The Morgan fingerprint density at radius 1 is 1.25 bits per heavy atom. The Morgan fingerprint density at radius 2 is 2.04 bits per heavy atom. The third kappa shape index (κ3) is 3.60. The van der Waals surface area contributed by atoms with E-state index >= 15 is 0 Å². The lowest BCUT2D eigenvalue weighted by molar-refractivity contribution is 0.243. The molecule has 0 saturated heterocycles. The van der Waals surface area contributed by atoms with E-state index in [9.17, 15) is 9.90 Å². The molecule has 0 saturated carbocycles. The second-order valence-electron chi connectivity index (χ2n) is 6.34. The number of carbonyl (C=O) groups is 1. The summed E-state index contributed by atoms with van der Waals surface area (Å²) < 4.78 is 0. The van der Waals surface area contributed by atoms with Crippen LogP contribution in [-0.2, 0) is 6.42 Å². The maximum absolute atomic E-state index is 12.6. The Kier molecular flexibility index (Phi) is 5.16. The zero-order valence-corrected chi connectivity index (χ0v) is 14.0. The first-order valence-corrected chi connectivity index (χ1v) is 8.49. The molecule has 4 nitrogen and oxygen atoms in total. The number of amides is 2. The zero-order valence-electron chi connectivity index (χ0n) is 14.0. The van der Waals surface area contributed by atoms with Crippen molar-refractivity contribution >= 4 is 11.7 Å². The van der Waals surface area contributed by atoms with Crippen LogP contribution >= 0.6 is 0 Å². The van der Waals surface area contributed by atoms with Crippen molar-refractivity contribution in [1.82, 2.24) is 5.32 Å². The van der Waals surface area contributed by atoms with Gasteiger partial charge in [-0.15, -0.1) is 0 Å². The van der Waals surface area contributed by atoms with Crippen LogP contribution in [0.1, 0.15) is 29.0 Å². The van der Waals surface area contributed by atoms with Crippen molar-refractivity contribution in [3.63, 3.8) is 0 Å². The van der Waals surface area contributed by atoms with Crippen molar-refractivity contribution in [2.75, 3.05) is 24.6 Å². The van der Waals surface area contributed by atoms with Crippen LogP contribution in [0, 0.1) is 6.92 Å². The first-order valence-electron chi connectivity index (χ1n) is 8.49. The minimum Gasteiger partial charge on any atom is -0.396 e. The lowest BCUT2D eigenvalue weighted by Gasteiger charge is -2.22. The average Bonchev–Trinajstić information content (AvgIpc) is 3.02. The summed E-state index contributed by atoms with van der Waals surface area (Å²) in [6.45, 7) is 3.41. The molecule has 1 unspecified atom stereocenters. The molecule has 0 radical (unpaired) electrons. The van der Waals surface area contributed by atoms with Crippen LogP contribution in [-0.4, -0.2) is 30.8 Å².